The number of nitrogens with one attached hydrogen (secondary N) is 2. The molecule has 0 atom stereocenters. The van der Waals surface area contributed by atoms with Crippen LogP contribution in [0, 0.1) is 0 Å². The molecule has 0 spiro atoms. The number of pyridine rings is 1. The topological polar surface area (TPSA) is 110 Å². The zero-order valence-corrected chi connectivity index (χ0v) is 11.8. The van der Waals surface area contributed by atoms with Crippen molar-refractivity contribution in [2.24, 2.45) is 5.73 Å². The quantitative estimate of drug-likeness (QED) is 0.722. The Morgan fingerprint density at radius 3 is 2.68 bits per heavy atom. The fourth-order valence-corrected chi connectivity index (χ4v) is 3.02. The minimum Gasteiger partial charge on any atom is -0.376 e. The Bertz CT molecular complexity index is 666. The molecule has 2 aromatic heterocycles. The van der Waals surface area contributed by atoms with Crippen molar-refractivity contribution in [3.05, 3.63) is 29.9 Å². The molecule has 2 heterocycles. The minimum atomic E-state index is -3.68. The van der Waals surface area contributed by atoms with Gasteiger partial charge in [-0.2, -0.15) is 0 Å². The highest BCUT2D eigenvalue weighted by atomic mass is 32.2. The van der Waals surface area contributed by atoms with Gasteiger partial charge in [-0.05, 0) is 24.4 Å². The minimum absolute atomic E-state index is 0.0242. The van der Waals surface area contributed by atoms with Crippen LogP contribution in [0.3, 0.4) is 0 Å². The summed E-state index contributed by atoms with van der Waals surface area (Å²) in [5.74, 6) is 0.376. The summed E-state index contributed by atoms with van der Waals surface area (Å²) in [6, 6.07) is 2.86. The van der Waals surface area contributed by atoms with Crippen molar-refractivity contribution in [1.82, 2.24) is 9.97 Å². The second-order valence-corrected chi connectivity index (χ2v) is 6.33. The van der Waals surface area contributed by atoms with Gasteiger partial charge < -0.3 is 11.1 Å². The summed E-state index contributed by atoms with van der Waals surface area (Å²) in [5.41, 5.74) is 5.28. The van der Waals surface area contributed by atoms with Crippen molar-refractivity contribution >= 4 is 49.6 Å². The number of hydrogen-bond donors (Lipinski definition) is 3. The third kappa shape index (κ3) is 3.59. The molecule has 0 saturated carbocycles. The molecule has 4 N–H and O–H groups in total. The van der Waals surface area contributed by atoms with E-state index in [1.807, 2.05) is 0 Å². The third-order valence-electron chi connectivity index (χ3n) is 1.95. The second-order valence-electron chi connectivity index (χ2n) is 3.31. The lowest BCUT2D eigenvalue weighted by Gasteiger charge is -2.06. The van der Waals surface area contributed by atoms with Crippen LogP contribution in [0.2, 0.25) is 0 Å². The highest BCUT2D eigenvalue weighted by Crippen LogP contribution is 2.17. The van der Waals surface area contributed by atoms with Crippen LogP contribution >= 0.6 is 23.6 Å². The molecule has 2 rings (SSSR count). The van der Waals surface area contributed by atoms with Gasteiger partial charge in [-0.1, -0.05) is 0 Å². The van der Waals surface area contributed by atoms with E-state index in [1.54, 1.807) is 5.38 Å². The van der Waals surface area contributed by atoms with E-state index < -0.39 is 10.0 Å². The van der Waals surface area contributed by atoms with Crippen LogP contribution in [0.4, 0.5) is 10.9 Å². The summed E-state index contributed by atoms with van der Waals surface area (Å²) in [4.78, 5) is 7.77. The summed E-state index contributed by atoms with van der Waals surface area (Å²) >= 11 is 5.84. The predicted octanol–water partition coefficient (Wildman–Crippen LogP) is 0.994. The van der Waals surface area contributed by atoms with Crippen LogP contribution < -0.4 is 15.8 Å². The first-order chi connectivity index (χ1) is 8.97. The molecule has 19 heavy (non-hydrogen) atoms. The van der Waals surface area contributed by atoms with Gasteiger partial charge >= 0.3 is 0 Å². The number of rotatable bonds is 4. The maximum atomic E-state index is 12.0. The normalized spacial score (nSPS) is 10.9. The Balaban J connectivity index is 2.19. The predicted molar refractivity (Wildman–Crippen MR) is 77.6 cm³/mol. The Morgan fingerprint density at radius 2 is 2.16 bits per heavy atom. The molecule has 0 amide bonds. The van der Waals surface area contributed by atoms with Crippen molar-refractivity contribution < 1.29 is 8.42 Å². The van der Waals surface area contributed by atoms with Gasteiger partial charge in [0.25, 0.3) is 10.0 Å². The average Bonchev–Trinajstić information content (AvgIpc) is 2.81. The van der Waals surface area contributed by atoms with Crippen LogP contribution in [-0.4, -0.2) is 23.5 Å². The monoisotopic (exact) mass is 315 g/mol. The van der Waals surface area contributed by atoms with Crippen molar-refractivity contribution in [2.45, 2.75) is 4.90 Å². The molecule has 0 saturated heterocycles. The van der Waals surface area contributed by atoms with E-state index in [0.717, 1.165) is 0 Å². The Kier molecular flexibility index (Phi) is 3.93. The molecule has 0 aromatic carbocycles. The molecular weight excluding hydrogens is 306 g/mol. The summed E-state index contributed by atoms with van der Waals surface area (Å²) in [6.45, 7) is 0. The van der Waals surface area contributed by atoms with Crippen molar-refractivity contribution in [3.8, 4) is 0 Å². The van der Waals surface area contributed by atoms with Gasteiger partial charge in [0.15, 0.2) is 10.2 Å². The zero-order valence-electron chi connectivity index (χ0n) is 9.40. The fraction of sp³-hybridized carbons (Fsp3) is 0. The van der Waals surface area contributed by atoms with Crippen LogP contribution in [0.1, 0.15) is 0 Å². The first-order valence-electron chi connectivity index (χ1n) is 4.92. The maximum Gasteiger partial charge on any atom is 0.265 e. The van der Waals surface area contributed by atoms with Crippen LogP contribution in [0.15, 0.2) is 34.8 Å². The number of sulfonamides is 1. The van der Waals surface area contributed by atoms with Crippen molar-refractivity contribution in [2.75, 3.05) is 10.0 Å². The van der Waals surface area contributed by atoms with Crippen LogP contribution in [0.25, 0.3) is 0 Å². The zero-order chi connectivity index (χ0) is 13.9. The molecule has 0 fully saturated rings. The van der Waals surface area contributed by atoms with E-state index in [0.29, 0.717) is 10.9 Å². The Morgan fingerprint density at radius 1 is 1.37 bits per heavy atom. The lowest BCUT2D eigenvalue weighted by Crippen LogP contribution is -2.20. The molecule has 2 aromatic rings. The third-order valence-corrected chi connectivity index (χ3v) is 4.20. The Labute approximate surface area is 118 Å². The smallest absolute Gasteiger partial charge is 0.265 e. The SMILES string of the molecule is NC(=S)Nc1ccc(S(=O)(=O)Nc2nccs2)cn1. The highest BCUT2D eigenvalue weighted by molar-refractivity contribution is 7.93. The summed E-state index contributed by atoms with van der Waals surface area (Å²) in [5, 5.41) is 4.63. The number of thiocarbonyl (C=S) groups is 1. The number of aromatic nitrogens is 2. The van der Waals surface area contributed by atoms with Crippen LogP contribution in [-0.2, 0) is 10.0 Å². The molecule has 0 aliphatic heterocycles. The van der Waals surface area contributed by atoms with Gasteiger partial charge in [0, 0.05) is 17.8 Å². The van der Waals surface area contributed by atoms with Gasteiger partial charge in [-0.3, -0.25) is 4.72 Å². The van der Waals surface area contributed by atoms with Crippen LogP contribution in [0.5, 0.6) is 0 Å². The van der Waals surface area contributed by atoms with Gasteiger partial charge in [0.2, 0.25) is 0 Å². The number of nitrogens with two attached hydrogens (primary N) is 1. The molecule has 0 unspecified atom stereocenters. The summed E-state index contributed by atoms with van der Waals surface area (Å²) in [6.07, 6.45) is 2.71. The maximum absolute atomic E-state index is 12.0. The first-order valence-corrected chi connectivity index (χ1v) is 7.69. The van der Waals surface area contributed by atoms with E-state index in [1.165, 1.54) is 35.9 Å². The molecule has 0 radical (unpaired) electrons. The van der Waals surface area contributed by atoms with E-state index in [4.69, 9.17) is 5.73 Å². The molecule has 0 aliphatic rings. The standard InChI is InChI=1S/C9H9N5O2S3/c10-8(17)13-7-2-1-6(5-12-7)19(15,16)14-9-11-3-4-18-9/h1-5H,(H,11,14)(H3,10,12,13,17). The summed E-state index contributed by atoms with van der Waals surface area (Å²) < 4.78 is 26.3. The molecule has 0 bridgehead atoms. The van der Waals surface area contributed by atoms with Crippen molar-refractivity contribution in [3.63, 3.8) is 0 Å². The van der Waals surface area contributed by atoms with E-state index in [-0.39, 0.29) is 10.0 Å². The van der Waals surface area contributed by atoms with Gasteiger partial charge in [0.05, 0.1) is 0 Å². The number of thiazole rings is 1. The van der Waals surface area contributed by atoms with Gasteiger partial charge in [-0.15, -0.1) is 11.3 Å². The average molecular weight is 315 g/mol. The number of anilines is 2. The fourth-order valence-electron chi connectivity index (χ4n) is 1.19. The van der Waals surface area contributed by atoms with E-state index in [2.05, 4.69) is 32.2 Å². The molecule has 100 valence electrons. The highest BCUT2D eigenvalue weighted by Gasteiger charge is 2.15. The first kappa shape index (κ1) is 13.6. The lowest BCUT2D eigenvalue weighted by molar-refractivity contribution is 0.601. The van der Waals surface area contributed by atoms with Gasteiger partial charge in [-0.25, -0.2) is 18.4 Å². The van der Waals surface area contributed by atoms with Crippen molar-refractivity contribution in [1.29, 1.82) is 0 Å². The second kappa shape index (κ2) is 5.47. The molecule has 7 nitrogen and oxygen atoms in total. The largest absolute Gasteiger partial charge is 0.376 e. The Hall–Kier alpha value is -1.78. The number of nitrogens with zero attached hydrogens (tertiary/aromatic N) is 2. The van der Waals surface area contributed by atoms with E-state index >= 15 is 0 Å². The van der Waals surface area contributed by atoms with Gasteiger partial charge in [0.1, 0.15) is 10.7 Å². The number of hydrogen-bond acceptors (Lipinski definition) is 6. The summed E-state index contributed by atoms with van der Waals surface area (Å²) in [7, 11) is -3.68. The van der Waals surface area contributed by atoms with E-state index in [9.17, 15) is 8.42 Å². The molecule has 0 aliphatic carbocycles. The molecule has 10 heteroatoms. The molecular formula is C9H9N5O2S3. The lowest BCUT2D eigenvalue weighted by atomic mass is 10.5.